The summed E-state index contributed by atoms with van der Waals surface area (Å²) in [6.07, 6.45) is 1.77. The number of fused-ring (bicyclic) bond motifs is 1. The van der Waals surface area contributed by atoms with Gasteiger partial charge in [0.2, 0.25) is 5.91 Å². The van der Waals surface area contributed by atoms with Crippen molar-refractivity contribution >= 4 is 16.7 Å². The molecule has 0 radical (unpaired) electrons. The highest BCUT2D eigenvalue weighted by molar-refractivity contribution is 5.98. The highest BCUT2D eigenvalue weighted by atomic mass is 16.1. The number of hydrogen-bond donors (Lipinski definition) is 1. The maximum atomic E-state index is 11.1. The number of carbonyl (C=O) groups excluding carboxylic acids is 1. The van der Waals surface area contributed by atoms with Gasteiger partial charge in [-0.1, -0.05) is 19.9 Å². The van der Waals surface area contributed by atoms with Crippen LogP contribution in [0.25, 0.3) is 10.8 Å². The number of aromatic nitrogens is 1. The monoisotopic (exact) mass is 214 g/mol. The summed E-state index contributed by atoms with van der Waals surface area (Å²) in [6.45, 7) is 4.20. The van der Waals surface area contributed by atoms with E-state index in [9.17, 15) is 4.79 Å². The maximum absolute atomic E-state index is 11.1. The van der Waals surface area contributed by atoms with Crippen LogP contribution in [-0.2, 0) is 0 Å². The highest BCUT2D eigenvalue weighted by Gasteiger charge is 2.08. The second-order valence-corrected chi connectivity index (χ2v) is 4.15. The molecule has 2 aromatic rings. The van der Waals surface area contributed by atoms with Crippen molar-refractivity contribution in [2.45, 2.75) is 19.8 Å². The molecule has 0 saturated heterocycles. The van der Waals surface area contributed by atoms with Crippen LogP contribution in [0.3, 0.4) is 0 Å². The van der Waals surface area contributed by atoms with Crippen molar-refractivity contribution in [3.63, 3.8) is 0 Å². The number of rotatable bonds is 2. The van der Waals surface area contributed by atoms with Crippen LogP contribution in [0.1, 0.15) is 35.8 Å². The largest absolute Gasteiger partial charge is 0.366 e. The molecule has 0 saturated carbocycles. The normalized spacial score (nSPS) is 10.9. The quantitative estimate of drug-likeness (QED) is 0.834. The number of benzene rings is 1. The third-order valence-corrected chi connectivity index (χ3v) is 2.63. The van der Waals surface area contributed by atoms with Crippen LogP contribution in [0.2, 0.25) is 0 Å². The van der Waals surface area contributed by atoms with E-state index in [-0.39, 0.29) is 0 Å². The van der Waals surface area contributed by atoms with Gasteiger partial charge in [0.05, 0.1) is 5.69 Å². The van der Waals surface area contributed by atoms with E-state index in [2.05, 4.69) is 18.8 Å². The number of nitrogens with zero attached hydrogens (tertiary/aromatic N) is 1. The topological polar surface area (TPSA) is 56.0 Å². The molecule has 1 heterocycles. The summed E-state index contributed by atoms with van der Waals surface area (Å²) in [7, 11) is 0. The van der Waals surface area contributed by atoms with Crippen LogP contribution < -0.4 is 5.73 Å². The molecule has 0 bridgehead atoms. The van der Waals surface area contributed by atoms with E-state index >= 15 is 0 Å². The average Bonchev–Trinajstić information content (AvgIpc) is 2.27. The summed E-state index contributed by atoms with van der Waals surface area (Å²) in [5.74, 6) is -0.0343. The number of hydrogen-bond acceptors (Lipinski definition) is 2. The van der Waals surface area contributed by atoms with Gasteiger partial charge in [-0.25, -0.2) is 0 Å². The van der Waals surface area contributed by atoms with Gasteiger partial charge < -0.3 is 5.73 Å². The standard InChI is InChI=1S/C13H14N2O/c1-8(2)12-11-4-3-10(13(14)16)7-9(11)5-6-15-12/h3-8H,1-2H3,(H2,14,16). The number of amides is 1. The Morgan fingerprint density at radius 3 is 2.69 bits per heavy atom. The maximum Gasteiger partial charge on any atom is 0.248 e. The van der Waals surface area contributed by atoms with Gasteiger partial charge in [0.15, 0.2) is 0 Å². The molecule has 0 unspecified atom stereocenters. The van der Waals surface area contributed by atoms with Crippen molar-refractivity contribution in [2.24, 2.45) is 5.73 Å². The van der Waals surface area contributed by atoms with Gasteiger partial charge in [-0.2, -0.15) is 0 Å². The molecule has 82 valence electrons. The summed E-state index contributed by atoms with van der Waals surface area (Å²) in [4.78, 5) is 15.4. The van der Waals surface area contributed by atoms with E-state index in [4.69, 9.17) is 5.73 Å². The van der Waals surface area contributed by atoms with Gasteiger partial charge in [-0.05, 0) is 29.5 Å². The molecule has 0 fully saturated rings. The first-order chi connectivity index (χ1) is 7.59. The number of primary amides is 1. The van der Waals surface area contributed by atoms with Crippen molar-refractivity contribution in [3.8, 4) is 0 Å². The zero-order chi connectivity index (χ0) is 11.7. The van der Waals surface area contributed by atoms with Gasteiger partial charge in [0.1, 0.15) is 0 Å². The lowest BCUT2D eigenvalue weighted by molar-refractivity contribution is 0.100. The van der Waals surface area contributed by atoms with Gasteiger partial charge in [0.25, 0.3) is 0 Å². The number of carbonyl (C=O) groups is 1. The van der Waals surface area contributed by atoms with Crippen molar-refractivity contribution in [1.82, 2.24) is 4.98 Å². The first kappa shape index (κ1) is 10.6. The molecule has 0 aliphatic carbocycles. The second kappa shape index (κ2) is 3.93. The molecule has 3 heteroatoms. The third kappa shape index (κ3) is 1.76. The molecule has 0 aliphatic heterocycles. The van der Waals surface area contributed by atoms with Crippen molar-refractivity contribution in [3.05, 3.63) is 41.7 Å². The van der Waals surface area contributed by atoms with Crippen LogP contribution in [0.15, 0.2) is 30.5 Å². The molecule has 0 spiro atoms. The average molecular weight is 214 g/mol. The Morgan fingerprint density at radius 1 is 1.31 bits per heavy atom. The zero-order valence-electron chi connectivity index (χ0n) is 9.40. The van der Waals surface area contributed by atoms with Crippen molar-refractivity contribution in [1.29, 1.82) is 0 Å². The minimum atomic E-state index is -0.398. The molecule has 16 heavy (non-hydrogen) atoms. The number of pyridine rings is 1. The molecular weight excluding hydrogens is 200 g/mol. The molecule has 2 rings (SSSR count). The lowest BCUT2D eigenvalue weighted by Gasteiger charge is -2.08. The fourth-order valence-corrected chi connectivity index (χ4v) is 1.81. The fourth-order valence-electron chi connectivity index (χ4n) is 1.81. The van der Waals surface area contributed by atoms with E-state index in [1.54, 1.807) is 12.3 Å². The van der Waals surface area contributed by atoms with Crippen molar-refractivity contribution < 1.29 is 4.79 Å². The van der Waals surface area contributed by atoms with Crippen LogP contribution in [-0.4, -0.2) is 10.9 Å². The highest BCUT2D eigenvalue weighted by Crippen LogP contribution is 2.23. The van der Waals surface area contributed by atoms with Gasteiger partial charge in [-0.3, -0.25) is 9.78 Å². The third-order valence-electron chi connectivity index (χ3n) is 2.63. The Labute approximate surface area is 94.3 Å². The predicted molar refractivity (Wildman–Crippen MR) is 64.3 cm³/mol. The van der Waals surface area contributed by atoms with Crippen molar-refractivity contribution in [2.75, 3.05) is 0 Å². The van der Waals surface area contributed by atoms with Gasteiger partial charge in [0, 0.05) is 17.1 Å². The van der Waals surface area contributed by atoms with E-state index in [1.807, 2.05) is 18.2 Å². The molecule has 0 aliphatic rings. The Balaban J connectivity index is 2.68. The fraction of sp³-hybridized carbons (Fsp3) is 0.231. The second-order valence-electron chi connectivity index (χ2n) is 4.15. The summed E-state index contributed by atoms with van der Waals surface area (Å²) in [6, 6.07) is 7.37. The van der Waals surface area contributed by atoms with Crippen LogP contribution >= 0.6 is 0 Å². The van der Waals surface area contributed by atoms with E-state index < -0.39 is 5.91 Å². The Hall–Kier alpha value is -1.90. The SMILES string of the molecule is CC(C)c1nccc2cc(C(N)=O)ccc12. The Bertz CT molecular complexity index is 547. The van der Waals surface area contributed by atoms with Crippen LogP contribution in [0.4, 0.5) is 0 Å². The molecule has 1 aromatic carbocycles. The van der Waals surface area contributed by atoms with E-state index in [0.717, 1.165) is 16.5 Å². The van der Waals surface area contributed by atoms with E-state index in [1.165, 1.54) is 0 Å². The van der Waals surface area contributed by atoms with Crippen LogP contribution in [0, 0.1) is 0 Å². The minimum Gasteiger partial charge on any atom is -0.366 e. The summed E-state index contributed by atoms with van der Waals surface area (Å²) >= 11 is 0. The summed E-state index contributed by atoms with van der Waals surface area (Å²) < 4.78 is 0. The first-order valence-corrected chi connectivity index (χ1v) is 5.28. The molecule has 1 aromatic heterocycles. The van der Waals surface area contributed by atoms with Gasteiger partial charge in [-0.15, -0.1) is 0 Å². The molecule has 0 atom stereocenters. The number of nitrogens with two attached hydrogens (primary N) is 1. The Kier molecular flexibility index (Phi) is 2.60. The van der Waals surface area contributed by atoms with Gasteiger partial charge >= 0.3 is 0 Å². The zero-order valence-corrected chi connectivity index (χ0v) is 9.40. The molecule has 2 N–H and O–H groups in total. The molecule has 1 amide bonds. The molecule has 3 nitrogen and oxygen atoms in total. The summed E-state index contributed by atoms with van der Waals surface area (Å²) in [5.41, 5.74) is 6.83. The first-order valence-electron chi connectivity index (χ1n) is 5.28. The lowest BCUT2D eigenvalue weighted by atomic mass is 10.0. The van der Waals surface area contributed by atoms with E-state index in [0.29, 0.717) is 11.5 Å². The van der Waals surface area contributed by atoms with Crippen LogP contribution in [0.5, 0.6) is 0 Å². The Morgan fingerprint density at radius 2 is 2.06 bits per heavy atom. The lowest BCUT2D eigenvalue weighted by Crippen LogP contribution is -2.10. The summed E-state index contributed by atoms with van der Waals surface area (Å²) in [5, 5.41) is 2.09. The minimum absolute atomic E-state index is 0.364. The smallest absolute Gasteiger partial charge is 0.248 e. The predicted octanol–water partition coefficient (Wildman–Crippen LogP) is 2.46. The molecular formula is C13H14N2O.